The lowest BCUT2D eigenvalue weighted by molar-refractivity contribution is -0.160. The molecule has 0 bridgehead atoms. The summed E-state index contributed by atoms with van der Waals surface area (Å²) < 4.78 is 17.6. The number of piperazine rings is 1. The zero-order valence-electron chi connectivity index (χ0n) is 12.4. The summed E-state index contributed by atoms with van der Waals surface area (Å²) >= 11 is 1.23. The van der Waals surface area contributed by atoms with E-state index in [2.05, 4.69) is 4.74 Å². The molecule has 2 atom stereocenters. The lowest BCUT2D eigenvalue weighted by atomic mass is 10.1. The van der Waals surface area contributed by atoms with Crippen LogP contribution in [-0.2, 0) is 25.7 Å². The first-order valence-electron chi connectivity index (χ1n) is 7.05. The third kappa shape index (κ3) is 2.90. The van der Waals surface area contributed by atoms with Crippen LogP contribution in [0.2, 0.25) is 0 Å². The summed E-state index contributed by atoms with van der Waals surface area (Å²) in [5.74, 6) is -0.991. The van der Waals surface area contributed by atoms with Gasteiger partial charge in [0, 0.05) is 12.3 Å². The van der Waals surface area contributed by atoms with E-state index in [0.29, 0.717) is 5.75 Å². The van der Waals surface area contributed by atoms with Gasteiger partial charge in [-0.3, -0.25) is 9.59 Å². The van der Waals surface area contributed by atoms with Crippen LogP contribution in [0.15, 0.2) is 24.3 Å². The topological polar surface area (TPSA) is 66.9 Å². The van der Waals surface area contributed by atoms with E-state index in [-0.39, 0.29) is 30.7 Å². The molecule has 2 fully saturated rings. The molecular formula is C15H15FN2O4S. The summed E-state index contributed by atoms with van der Waals surface area (Å²) in [5, 5.41) is -0.755. The zero-order valence-corrected chi connectivity index (χ0v) is 13.2. The van der Waals surface area contributed by atoms with Gasteiger partial charge in [0.15, 0.2) is 5.37 Å². The molecule has 6 nitrogen and oxygen atoms in total. The summed E-state index contributed by atoms with van der Waals surface area (Å²) in [6.45, 7) is 0.142. The minimum Gasteiger partial charge on any atom is -0.467 e. The van der Waals surface area contributed by atoms with E-state index >= 15 is 0 Å². The Hall–Kier alpha value is -2.09. The van der Waals surface area contributed by atoms with Crippen LogP contribution in [0.5, 0.6) is 0 Å². The standard InChI is InChI=1S/C15H15FN2O4S/c1-22-15(21)14-18-11(8-23-14)13(20)17(7-12(18)19)6-9-2-4-10(16)5-3-9/h2-5,11,14H,6-8H2,1H3/t11-,14-/m1/s1. The fourth-order valence-corrected chi connectivity index (χ4v) is 4.09. The van der Waals surface area contributed by atoms with Crippen LogP contribution in [0.3, 0.4) is 0 Å². The highest BCUT2D eigenvalue weighted by atomic mass is 32.2. The molecule has 0 N–H and O–H groups in total. The number of amides is 2. The number of thioether (sulfide) groups is 1. The number of carbonyl (C=O) groups excluding carboxylic acids is 3. The first-order valence-corrected chi connectivity index (χ1v) is 8.10. The Kier molecular flexibility index (Phi) is 4.25. The molecule has 23 heavy (non-hydrogen) atoms. The van der Waals surface area contributed by atoms with Crippen molar-refractivity contribution in [1.29, 1.82) is 0 Å². The second-order valence-electron chi connectivity index (χ2n) is 5.35. The van der Waals surface area contributed by atoms with Crippen molar-refractivity contribution in [3.05, 3.63) is 35.6 Å². The molecule has 3 rings (SSSR count). The number of hydrogen-bond donors (Lipinski definition) is 0. The molecule has 0 unspecified atom stereocenters. The smallest absolute Gasteiger partial charge is 0.339 e. The van der Waals surface area contributed by atoms with Crippen molar-refractivity contribution in [2.45, 2.75) is 18.0 Å². The SMILES string of the molecule is COC(=O)[C@H]1SC[C@@H]2C(=O)N(Cc3ccc(F)cc3)CC(=O)N21. The van der Waals surface area contributed by atoms with Crippen LogP contribution in [0.4, 0.5) is 4.39 Å². The molecule has 122 valence electrons. The highest BCUT2D eigenvalue weighted by molar-refractivity contribution is 8.00. The fraction of sp³-hybridized carbons (Fsp3) is 0.400. The number of carbonyl (C=O) groups is 3. The van der Waals surface area contributed by atoms with E-state index in [1.807, 2.05) is 0 Å². The molecule has 0 radical (unpaired) electrons. The quantitative estimate of drug-likeness (QED) is 0.756. The molecule has 0 aliphatic carbocycles. The molecule has 0 spiro atoms. The maximum Gasteiger partial charge on any atom is 0.339 e. The Morgan fingerprint density at radius 2 is 2.04 bits per heavy atom. The van der Waals surface area contributed by atoms with Gasteiger partial charge in [0.2, 0.25) is 11.8 Å². The monoisotopic (exact) mass is 338 g/mol. The molecule has 0 saturated carbocycles. The second-order valence-corrected chi connectivity index (χ2v) is 6.46. The van der Waals surface area contributed by atoms with Gasteiger partial charge in [0.05, 0.1) is 7.11 Å². The maximum atomic E-state index is 12.9. The number of nitrogens with zero attached hydrogens (tertiary/aromatic N) is 2. The predicted octanol–water partition coefficient (Wildman–Crippen LogP) is 0.611. The average Bonchev–Trinajstić information content (AvgIpc) is 2.99. The number of halogens is 1. The van der Waals surface area contributed by atoms with E-state index in [9.17, 15) is 18.8 Å². The van der Waals surface area contributed by atoms with Crippen LogP contribution in [0, 0.1) is 5.82 Å². The normalized spacial score (nSPS) is 23.9. The van der Waals surface area contributed by atoms with Gasteiger partial charge in [-0.2, -0.15) is 0 Å². The Morgan fingerprint density at radius 1 is 1.35 bits per heavy atom. The Morgan fingerprint density at radius 3 is 2.70 bits per heavy atom. The van der Waals surface area contributed by atoms with Crippen molar-refractivity contribution >= 4 is 29.5 Å². The highest BCUT2D eigenvalue weighted by Gasteiger charge is 2.50. The number of rotatable bonds is 3. The molecule has 0 aromatic heterocycles. The third-order valence-corrected chi connectivity index (χ3v) is 5.14. The molecule has 8 heteroatoms. The van der Waals surface area contributed by atoms with Crippen LogP contribution < -0.4 is 0 Å². The third-order valence-electron chi connectivity index (χ3n) is 3.90. The van der Waals surface area contributed by atoms with Gasteiger partial charge >= 0.3 is 5.97 Å². The van der Waals surface area contributed by atoms with Gasteiger partial charge in [0.25, 0.3) is 0 Å². The molecule has 2 amide bonds. The van der Waals surface area contributed by atoms with Gasteiger partial charge in [-0.05, 0) is 17.7 Å². The number of fused-ring (bicyclic) bond motifs is 1. The summed E-state index contributed by atoms with van der Waals surface area (Å²) in [5.41, 5.74) is 0.746. The summed E-state index contributed by atoms with van der Waals surface area (Å²) in [6, 6.07) is 5.15. The Bertz CT molecular complexity index is 651. The van der Waals surface area contributed by atoms with Crippen LogP contribution in [-0.4, -0.2) is 58.4 Å². The van der Waals surface area contributed by atoms with Crippen molar-refractivity contribution in [3.8, 4) is 0 Å². The second kappa shape index (κ2) is 6.19. The predicted molar refractivity (Wildman–Crippen MR) is 80.7 cm³/mol. The number of esters is 1. The van der Waals surface area contributed by atoms with E-state index in [4.69, 9.17) is 0 Å². The largest absolute Gasteiger partial charge is 0.467 e. The van der Waals surface area contributed by atoms with Crippen LogP contribution in [0.25, 0.3) is 0 Å². The van der Waals surface area contributed by atoms with Crippen LogP contribution in [0.1, 0.15) is 5.56 Å². The van der Waals surface area contributed by atoms with Gasteiger partial charge in [-0.25, -0.2) is 9.18 Å². The minimum atomic E-state index is -0.755. The van der Waals surface area contributed by atoms with Crippen LogP contribution >= 0.6 is 11.8 Å². The first-order chi connectivity index (χ1) is 11.0. The molecule has 2 heterocycles. The molecule has 2 aliphatic heterocycles. The van der Waals surface area contributed by atoms with Gasteiger partial charge in [-0.1, -0.05) is 12.1 Å². The summed E-state index contributed by atoms with van der Waals surface area (Å²) in [4.78, 5) is 39.4. The average molecular weight is 338 g/mol. The van der Waals surface area contributed by atoms with Crippen molar-refractivity contribution in [3.63, 3.8) is 0 Å². The van der Waals surface area contributed by atoms with Crippen molar-refractivity contribution in [2.75, 3.05) is 19.4 Å². The van der Waals surface area contributed by atoms with Crippen molar-refractivity contribution < 1.29 is 23.5 Å². The highest BCUT2D eigenvalue weighted by Crippen LogP contribution is 2.33. The lowest BCUT2D eigenvalue weighted by Gasteiger charge is -2.37. The van der Waals surface area contributed by atoms with E-state index in [0.717, 1.165) is 5.56 Å². The Labute approximate surface area is 136 Å². The number of benzene rings is 1. The van der Waals surface area contributed by atoms with Gasteiger partial charge in [0.1, 0.15) is 18.4 Å². The molecular weight excluding hydrogens is 323 g/mol. The zero-order chi connectivity index (χ0) is 16.6. The van der Waals surface area contributed by atoms with E-state index in [1.165, 1.54) is 40.8 Å². The van der Waals surface area contributed by atoms with E-state index in [1.54, 1.807) is 12.1 Å². The summed E-state index contributed by atoms with van der Waals surface area (Å²) in [6.07, 6.45) is 0. The molecule has 2 aliphatic rings. The fourth-order valence-electron chi connectivity index (χ4n) is 2.76. The lowest BCUT2D eigenvalue weighted by Crippen LogP contribution is -2.60. The van der Waals surface area contributed by atoms with Crippen molar-refractivity contribution in [2.24, 2.45) is 0 Å². The maximum absolute atomic E-state index is 12.9. The summed E-state index contributed by atoms with van der Waals surface area (Å²) in [7, 11) is 1.26. The van der Waals surface area contributed by atoms with Gasteiger partial charge in [-0.15, -0.1) is 11.8 Å². The first kappa shape index (κ1) is 15.8. The minimum absolute atomic E-state index is 0.0965. The number of ether oxygens (including phenoxy) is 1. The molecule has 1 aromatic carbocycles. The van der Waals surface area contributed by atoms with E-state index < -0.39 is 17.4 Å². The molecule has 1 aromatic rings. The Balaban J connectivity index is 1.76. The molecule has 2 saturated heterocycles. The number of hydrogen-bond acceptors (Lipinski definition) is 5. The van der Waals surface area contributed by atoms with Crippen molar-refractivity contribution in [1.82, 2.24) is 9.80 Å². The van der Waals surface area contributed by atoms with Gasteiger partial charge < -0.3 is 14.5 Å². The number of methoxy groups -OCH3 is 1.